The molecule has 33 heavy (non-hydrogen) atoms. The molecule has 0 aromatic heterocycles. The van der Waals surface area contributed by atoms with Crippen LogP contribution >= 0.6 is 11.6 Å². The lowest BCUT2D eigenvalue weighted by molar-refractivity contribution is -0.186. The molecule has 3 aliphatic rings. The largest absolute Gasteiger partial charge is 0.497 e. The molecule has 2 saturated heterocycles. The monoisotopic (exact) mass is 469 g/mol. The fourth-order valence-electron chi connectivity index (χ4n) is 4.74. The van der Waals surface area contributed by atoms with Crippen LogP contribution in [0.1, 0.15) is 36.4 Å². The number of hydrazone groups is 1. The first-order valence-corrected chi connectivity index (χ1v) is 11.7. The molecular weight excluding hydrogens is 442 g/mol. The fourth-order valence-corrected chi connectivity index (χ4v) is 4.87. The summed E-state index contributed by atoms with van der Waals surface area (Å²) in [5.74, 6) is 0.332. The van der Waals surface area contributed by atoms with E-state index in [2.05, 4.69) is 4.90 Å². The van der Waals surface area contributed by atoms with Gasteiger partial charge < -0.3 is 14.2 Å². The second-order valence-corrected chi connectivity index (χ2v) is 9.11. The molecule has 3 heterocycles. The summed E-state index contributed by atoms with van der Waals surface area (Å²) in [7, 11) is 1.65. The summed E-state index contributed by atoms with van der Waals surface area (Å²) in [6, 6.07) is 15.3. The predicted molar refractivity (Wildman–Crippen MR) is 125 cm³/mol. The Labute approximate surface area is 198 Å². The SMILES string of the molecule is COc1ccc(C2=NN(C(=O)CN3CCC4(CC3)OCCO4)[C@@H](c3ccc(Cl)cc3)C2)cc1. The molecule has 2 aromatic carbocycles. The van der Waals surface area contributed by atoms with Crippen molar-refractivity contribution in [1.29, 1.82) is 0 Å². The first-order valence-electron chi connectivity index (χ1n) is 11.3. The van der Waals surface area contributed by atoms with Gasteiger partial charge in [0, 0.05) is 37.4 Å². The molecule has 2 fully saturated rings. The fraction of sp³-hybridized carbons (Fsp3) is 0.440. The maximum atomic E-state index is 13.4. The van der Waals surface area contributed by atoms with Gasteiger partial charge in [-0.3, -0.25) is 9.69 Å². The number of amides is 1. The normalized spacial score (nSPS) is 22.5. The van der Waals surface area contributed by atoms with Gasteiger partial charge in [-0.05, 0) is 47.5 Å². The van der Waals surface area contributed by atoms with Crippen LogP contribution in [0, 0.1) is 0 Å². The van der Waals surface area contributed by atoms with Crippen molar-refractivity contribution in [2.45, 2.75) is 31.1 Å². The number of halogens is 1. The van der Waals surface area contributed by atoms with Crippen molar-refractivity contribution in [3.8, 4) is 5.75 Å². The number of hydrogen-bond acceptors (Lipinski definition) is 6. The van der Waals surface area contributed by atoms with Crippen LogP contribution in [0.25, 0.3) is 0 Å². The van der Waals surface area contributed by atoms with Gasteiger partial charge in [0.1, 0.15) is 5.75 Å². The van der Waals surface area contributed by atoms with E-state index in [9.17, 15) is 4.79 Å². The number of likely N-dealkylation sites (tertiary alicyclic amines) is 1. The lowest BCUT2D eigenvalue weighted by Crippen LogP contribution is -2.48. The summed E-state index contributed by atoms with van der Waals surface area (Å²) in [5.41, 5.74) is 2.89. The average molecular weight is 470 g/mol. The number of carbonyl (C=O) groups excluding carboxylic acids is 1. The summed E-state index contributed by atoms with van der Waals surface area (Å²) < 4.78 is 16.9. The van der Waals surface area contributed by atoms with E-state index in [4.69, 9.17) is 30.9 Å². The highest BCUT2D eigenvalue weighted by Gasteiger charge is 2.41. The van der Waals surface area contributed by atoms with Crippen molar-refractivity contribution in [3.63, 3.8) is 0 Å². The summed E-state index contributed by atoms with van der Waals surface area (Å²) in [5, 5.41) is 7.10. The van der Waals surface area contributed by atoms with E-state index in [0.717, 1.165) is 48.5 Å². The van der Waals surface area contributed by atoms with Gasteiger partial charge in [-0.2, -0.15) is 5.10 Å². The van der Waals surface area contributed by atoms with Crippen LogP contribution in [0.4, 0.5) is 0 Å². The third-order valence-electron chi connectivity index (χ3n) is 6.63. The molecule has 8 heteroatoms. The van der Waals surface area contributed by atoms with Gasteiger partial charge in [-0.25, -0.2) is 5.01 Å². The van der Waals surface area contributed by atoms with Gasteiger partial charge in [0.05, 0.1) is 38.6 Å². The van der Waals surface area contributed by atoms with E-state index in [1.165, 1.54) is 0 Å². The van der Waals surface area contributed by atoms with Crippen molar-refractivity contribution >= 4 is 23.2 Å². The Morgan fingerprint density at radius 1 is 1.09 bits per heavy atom. The van der Waals surface area contributed by atoms with Crippen LogP contribution in [-0.4, -0.2) is 67.3 Å². The molecule has 2 aromatic rings. The first-order chi connectivity index (χ1) is 16.0. The molecule has 0 aliphatic carbocycles. The highest BCUT2D eigenvalue weighted by Crippen LogP contribution is 2.35. The quantitative estimate of drug-likeness (QED) is 0.665. The third-order valence-corrected chi connectivity index (χ3v) is 6.89. The van der Waals surface area contributed by atoms with E-state index >= 15 is 0 Å². The van der Waals surface area contributed by atoms with Crippen molar-refractivity contribution in [2.24, 2.45) is 5.10 Å². The van der Waals surface area contributed by atoms with Crippen molar-refractivity contribution in [3.05, 3.63) is 64.7 Å². The van der Waals surface area contributed by atoms with Crippen molar-refractivity contribution in [1.82, 2.24) is 9.91 Å². The molecule has 0 saturated carbocycles. The summed E-state index contributed by atoms with van der Waals surface area (Å²) in [6.45, 7) is 3.15. The second-order valence-electron chi connectivity index (χ2n) is 8.67. The van der Waals surface area contributed by atoms with Crippen LogP contribution in [-0.2, 0) is 14.3 Å². The number of benzene rings is 2. The van der Waals surface area contributed by atoms with Gasteiger partial charge in [0.15, 0.2) is 5.79 Å². The second kappa shape index (κ2) is 9.43. The Bertz CT molecular complexity index is 1010. The summed E-state index contributed by atoms with van der Waals surface area (Å²) in [4.78, 5) is 15.6. The van der Waals surface area contributed by atoms with Gasteiger partial charge in [-0.15, -0.1) is 0 Å². The van der Waals surface area contributed by atoms with Gasteiger partial charge in [0.25, 0.3) is 5.91 Å². The number of methoxy groups -OCH3 is 1. The van der Waals surface area contributed by atoms with E-state index in [-0.39, 0.29) is 11.9 Å². The standard InChI is InChI=1S/C25H28ClN3O4/c1-31-21-8-4-18(5-9-21)22-16-23(19-2-6-20(26)7-3-19)29(27-22)24(30)17-28-12-10-25(11-13-28)32-14-15-33-25/h2-9,23H,10-17H2,1H3/t23-/m1/s1. The zero-order valence-electron chi connectivity index (χ0n) is 18.7. The number of piperidine rings is 1. The molecule has 0 N–H and O–H groups in total. The van der Waals surface area contributed by atoms with Gasteiger partial charge in [-0.1, -0.05) is 23.7 Å². The Kier molecular flexibility index (Phi) is 6.38. The molecule has 5 rings (SSSR count). The number of nitrogens with zero attached hydrogens (tertiary/aromatic N) is 3. The lowest BCUT2D eigenvalue weighted by atomic mass is 9.98. The van der Waals surface area contributed by atoms with Crippen LogP contribution < -0.4 is 4.74 Å². The highest BCUT2D eigenvalue weighted by atomic mass is 35.5. The lowest BCUT2D eigenvalue weighted by Gasteiger charge is -2.37. The Morgan fingerprint density at radius 3 is 2.39 bits per heavy atom. The maximum Gasteiger partial charge on any atom is 0.257 e. The Morgan fingerprint density at radius 2 is 1.76 bits per heavy atom. The number of rotatable bonds is 5. The van der Waals surface area contributed by atoms with Crippen LogP contribution in [0.15, 0.2) is 53.6 Å². The summed E-state index contributed by atoms with van der Waals surface area (Å²) >= 11 is 6.10. The van der Waals surface area contributed by atoms with Crippen LogP contribution in [0.2, 0.25) is 5.02 Å². The van der Waals surface area contributed by atoms with Gasteiger partial charge in [0.2, 0.25) is 0 Å². The summed E-state index contributed by atoms with van der Waals surface area (Å²) in [6.07, 6.45) is 2.20. The minimum Gasteiger partial charge on any atom is -0.497 e. The molecule has 0 radical (unpaired) electrons. The molecule has 1 atom stereocenters. The molecule has 1 spiro atoms. The molecule has 3 aliphatic heterocycles. The number of carbonyl (C=O) groups is 1. The highest BCUT2D eigenvalue weighted by molar-refractivity contribution is 6.30. The maximum absolute atomic E-state index is 13.4. The zero-order valence-corrected chi connectivity index (χ0v) is 19.5. The minimum atomic E-state index is -0.446. The van der Waals surface area contributed by atoms with Crippen molar-refractivity contribution < 1.29 is 19.0 Å². The predicted octanol–water partition coefficient (Wildman–Crippen LogP) is 3.87. The van der Waals surface area contributed by atoms with Crippen molar-refractivity contribution in [2.75, 3.05) is 40.0 Å². The Balaban J connectivity index is 1.33. The first kappa shape index (κ1) is 22.3. The van der Waals surface area contributed by atoms with Gasteiger partial charge >= 0.3 is 0 Å². The Hall–Kier alpha value is -2.45. The molecule has 0 bridgehead atoms. The molecule has 174 valence electrons. The average Bonchev–Trinajstić information content (AvgIpc) is 3.49. The third kappa shape index (κ3) is 4.77. The minimum absolute atomic E-state index is 0.0114. The van der Waals surface area contributed by atoms with E-state index in [1.54, 1.807) is 12.1 Å². The zero-order chi connectivity index (χ0) is 22.8. The molecular formula is C25H28ClN3O4. The van der Waals surface area contributed by atoms with E-state index in [1.807, 2.05) is 48.5 Å². The molecule has 0 unspecified atom stereocenters. The number of hydrogen-bond donors (Lipinski definition) is 0. The molecule has 1 amide bonds. The molecule has 7 nitrogen and oxygen atoms in total. The number of ether oxygens (including phenoxy) is 3. The smallest absolute Gasteiger partial charge is 0.257 e. The van der Waals surface area contributed by atoms with Crippen LogP contribution in [0.5, 0.6) is 5.75 Å². The van der Waals surface area contributed by atoms with E-state index in [0.29, 0.717) is 31.2 Å². The van der Waals surface area contributed by atoms with Crippen LogP contribution in [0.3, 0.4) is 0 Å². The topological polar surface area (TPSA) is 63.6 Å². The van der Waals surface area contributed by atoms with E-state index < -0.39 is 5.79 Å².